The summed E-state index contributed by atoms with van der Waals surface area (Å²) in [5, 5.41) is 4.04. The van der Waals surface area contributed by atoms with E-state index in [9.17, 15) is 9.59 Å². The zero-order valence-electron chi connectivity index (χ0n) is 12.3. The molecule has 0 bridgehead atoms. The maximum Gasteiger partial charge on any atom is 0.288 e. The minimum Gasteiger partial charge on any atom is -0.344 e. The number of hydrogen-bond acceptors (Lipinski definition) is 5. The highest BCUT2D eigenvalue weighted by Crippen LogP contribution is 2.13. The fraction of sp³-hybridized carbons (Fsp3) is 0.125. The summed E-state index contributed by atoms with van der Waals surface area (Å²) in [6.07, 6.45) is 1.66. The van der Waals surface area contributed by atoms with Gasteiger partial charge in [-0.25, -0.2) is 5.01 Å². The summed E-state index contributed by atoms with van der Waals surface area (Å²) < 4.78 is 0. The number of amides is 2. The Labute approximate surface area is 133 Å². The van der Waals surface area contributed by atoms with Crippen LogP contribution in [0.15, 0.2) is 59.7 Å². The first-order valence-electron chi connectivity index (χ1n) is 7.11. The molecule has 0 aliphatic carbocycles. The molecule has 0 saturated heterocycles. The number of pyridine rings is 1. The van der Waals surface area contributed by atoms with E-state index >= 15 is 0 Å². The largest absolute Gasteiger partial charge is 0.344 e. The standard InChI is InChI=1S/C16H15N5O2/c22-14-11-18-15(20-21(14)13-7-2-1-3-8-13)16(23)19-10-12-6-4-5-9-17-12/h1-9H,10-11H2,(H,18,20)(H,19,23). The van der Waals surface area contributed by atoms with Crippen LogP contribution in [0.5, 0.6) is 0 Å². The van der Waals surface area contributed by atoms with Gasteiger partial charge < -0.3 is 5.32 Å². The van der Waals surface area contributed by atoms with E-state index in [0.717, 1.165) is 5.69 Å². The van der Waals surface area contributed by atoms with Crippen LogP contribution in [0.1, 0.15) is 5.69 Å². The normalized spacial score (nSPS) is 14.0. The Morgan fingerprint density at radius 1 is 1.17 bits per heavy atom. The summed E-state index contributed by atoms with van der Waals surface area (Å²) in [6, 6.07) is 14.5. The molecule has 0 fully saturated rings. The van der Waals surface area contributed by atoms with Crippen LogP contribution in [-0.4, -0.2) is 29.2 Å². The van der Waals surface area contributed by atoms with Crippen LogP contribution in [0, 0.1) is 0 Å². The van der Waals surface area contributed by atoms with Crippen molar-refractivity contribution in [2.45, 2.75) is 6.54 Å². The summed E-state index contributed by atoms with van der Waals surface area (Å²) >= 11 is 0. The molecule has 0 saturated carbocycles. The minimum absolute atomic E-state index is 0.0752. The molecule has 1 aromatic carbocycles. The number of anilines is 1. The second-order valence-corrected chi connectivity index (χ2v) is 4.85. The van der Waals surface area contributed by atoms with Crippen LogP contribution in [0.25, 0.3) is 0 Å². The van der Waals surface area contributed by atoms with Crippen molar-refractivity contribution < 1.29 is 9.59 Å². The summed E-state index contributed by atoms with van der Waals surface area (Å²) in [6.45, 7) is 0.216. The molecule has 2 amide bonds. The molecule has 7 heteroatoms. The molecule has 7 nitrogen and oxygen atoms in total. The van der Waals surface area contributed by atoms with Gasteiger partial charge in [-0.05, 0) is 24.3 Å². The molecular formula is C16H15N5O2. The third kappa shape index (κ3) is 3.52. The highest BCUT2D eigenvalue weighted by molar-refractivity contribution is 6.39. The fourth-order valence-electron chi connectivity index (χ4n) is 2.09. The lowest BCUT2D eigenvalue weighted by atomic mass is 10.3. The van der Waals surface area contributed by atoms with Crippen molar-refractivity contribution in [2.24, 2.45) is 4.99 Å². The van der Waals surface area contributed by atoms with Gasteiger partial charge in [0.05, 0.1) is 17.9 Å². The Bertz CT molecular complexity index is 731. The topological polar surface area (TPSA) is 86.7 Å². The van der Waals surface area contributed by atoms with Gasteiger partial charge >= 0.3 is 0 Å². The van der Waals surface area contributed by atoms with Crippen molar-refractivity contribution in [1.82, 2.24) is 15.7 Å². The van der Waals surface area contributed by atoms with Crippen LogP contribution in [0.3, 0.4) is 0 Å². The first kappa shape index (κ1) is 14.7. The van der Waals surface area contributed by atoms with Crippen molar-refractivity contribution in [1.29, 1.82) is 0 Å². The van der Waals surface area contributed by atoms with Crippen LogP contribution in [0.2, 0.25) is 0 Å². The lowest BCUT2D eigenvalue weighted by Gasteiger charge is -2.27. The number of carbonyl (C=O) groups excluding carboxylic acids is 2. The minimum atomic E-state index is -0.385. The van der Waals surface area contributed by atoms with E-state index in [2.05, 4.69) is 20.7 Å². The van der Waals surface area contributed by atoms with Gasteiger partial charge in [0, 0.05) is 6.20 Å². The van der Waals surface area contributed by atoms with Gasteiger partial charge in [-0.2, -0.15) is 0 Å². The molecule has 1 aliphatic heterocycles. The second kappa shape index (κ2) is 6.69. The molecule has 116 valence electrons. The number of aliphatic imine (C=N–C) groups is 1. The van der Waals surface area contributed by atoms with E-state index < -0.39 is 0 Å². The number of amidine groups is 1. The molecule has 3 rings (SSSR count). The van der Waals surface area contributed by atoms with Gasteiger partial charge in [-0.1, -0.05) is 24.3 Å². The maximum absolute atomic E-state index is 12.2. The average molecular weight is 309 g/mol. The van der Waals surface area contributed by atoms with E-state index in [1.54, 1.807) is 24.4 Å². The molecule has 2 aromatic rings. The zero-order valence-corrected chi connectivity index (χ0v) is 12.3. The Kier molecular flexibility index (Phi) is 4.28. The third-order valence-corrected chi connectivity index (χ3v) is 3.23. The fourth-order valence-corrected chi connectivity index (χ4v) is 2.09. The van der Waals surface area contributed by atoms with Crippen LogP contribution >= 0.6 is 0 Å². The number of benzene rings is 1. The van der Waals surface area contributed by atoms with Gasteiger partial charge in [0.2, 0.25) is 5.84 Å². The highest BCUT2D eigenvalue weighted by atomic mass is 16.2. The average Bonchev–Trinajstić information content (AvgIpc) is 2.62. The SMILES string of the molecule is O=C(NCc1ccccn1)C1=NCC(=O)N(c2ccccc2)N1. The number of hydrazine groups is 1. The third-order valence-electron chi connectivity index (χ3n) is 3.23. The second-order valence-electron chi connectivity index (χ2n) is 4.85. The summed E-state index contributed by atoms with van der Waals surface area (Å²) in [5.41, 5.74) is 4.16. The Morgan fingerprint density at radius 2 is 1.96 bits per heavy atom. The smallest absolute Gasteiger partial charge is 0.288 e. The van der Waals surface area contributed by atoms with E-state index in [-0.39, 0.29) is 24.2 Å². The summed E-state index contributed by atoms with van der Waals surface area (Å²) in [7, 11) is 0. The van der Waals surface area contributed by atoms with Gasteiger partial charge in [0.15, 0.2) is 0 Å². The number of hydrogen-bond donors (Lipinski definition) is 2. The number of para-hydroxylation sites is 1. The van der Waals surface area contributed by atoms with E-state index in [1.165, 1.54) is 5.01 Å². The molecule has 23 heavy (non-hydrogen) atoms. The Morgan fingerprint density at radius 3 is 2.70 bits per heavy atom. The Balaban J connectivity index is 1.66. The number of rotatable bonds is 4. The first-order chi connectivity index (χ1) is 11.2. The van der Waals surface area contributed by atoms with Crippen molar-refractivity contribution in [2.75, 3.05) is 11.6 Å². The molecule has 0 radical (unpaired) electrons. The monoisotopic (exact) mass is 309 g/mol. The summed E-state index contributed by atoms with van der Waals surface area (Å²) in [5.74, 6) is -0.508. The van der Waals surface area contributed by atoms with E-state index in [4.69, 9.17) is 0 Å². The molecule has 0 spiro atoms. The molecule has 2 heterocycles. The van der Waals surface area contributed by atoms with Crippen LogP contribution in [0.4, 0.5) is 5.69 Å². The highest BCUT2D eigenvalue weighted by Gasteiger charge is 2.25. The van der Waals surface area contributed by atoms with Crippen LogP contribution in [-0.2, 0) is 16.1 Å². The predicted octanol–water partition coefficient (Wildman–Crippen LogP) is 0.648. The van der Waals surface area contributed by atoms with Crippen LogP contribution < -0.4 is 15.8 Å². The molecule has 0 atom stereocenters. The van der Waals surface area contributed by atoms with Gasteiger partial charge in [0.1, 0.15) is 6.54 Å². The summed E-state index contributed by atoms with van der Waals surface area (Å²) in [4.78, 5) is 32.3. The molecule has 1 aliphatic rings. The van der Waals surface area contributed by atoms with Crippen molar-refractivity contribution >= 4 is 23.3 Å². The number of nitrogens with one attached hydrogen (secondary N) is 2. The molecule has 2 N–H and O–H groups in total. The predicted molar refractivity (Wildman–Crippen MR) is 85.4 cm³/mol. The maximum atomic E-state index is 12.2. The molecule has 1 aromatic heterocycles. The van der Waals surface area contributed by atoms with Gasteiger partial charge in [-0.15, -0.1) is 0 Å². The van der Waals surface area contributed by atoms with Crippen molar-refractivity contribution in [3.05, 3.63) is 60.4 Å². The van der Waals surface area contributed by atoms with E-state index in [0.29, 0.717) is 12.2 Å². The van der Waals surface area contributed by atoms with E-state index in [1.807, 2.05) is 30.3 Å². The molecular weight excluding hydrogens is 294 g/mol. The van der Waals surface area contributed by atoms with Crippen molar-refractivity contribution in [3.8, 4) is 0 Å². The zero-order chi connectivity index (χ0) is 16.1. The lowest BCUT2D eigenvalue weighted by molar-refractivity contribution is -0.118. The van der Waals surface area contributed by atoms with Crippen molar-refractivity contribution in [3.63, 3.8) is 0 Å². The lowest BCUT2D eigenvalue weighted by Crippen LogP contribution is -2.55. The Hall–Kier alpha value is -3.22. The van der Waals surface area contributed by atoms with Gasteiger partial charge in [0.25, 0.3) is 11.8 Å². The molecule has 0 unspecified atom stereocenters. The van der Waals surface area contributed by atoms with Gasteiger partial charge in [-0.3, -0.25) is 25.0 Å². The number of aromatic nitrogens is 1. The number of carbonyl (C=O) groups is 2. The number of nitrogens with zero attached hydrogens (tertiary/aromatic N) is 3. The first-order valence-corrected chi connectivity index (χ1v) is 7.11. The quantitative estimate of drug-likeness (QED) is 0.868.